The monoisotopic (exact) mass is 389 g/mol. The highest BCUT2D eigenvalue weighted by atomic mass is 16.5. The van der Waals surface area contributed by atoms with E-state index >= 15 is 0 Å². The maximum atomic E-state index is 6.16. The molecule has 4 rings (SSSR count). The van der Waals surface area contributed by atoms with Crippen molar-refractivity contribution >= 4 is 21.8 Å². The van der Waals surface area contributed by atoms with Crippen LogP contribution in [-0.2, 0) is 0 Å². The van der Waals surface area contributed by atoms with Gasteiger partial charge in [0.15, 0.2) is 0 Å². The Bertz CT molecular complexity index is 1090. The van der Waals surface area contributed by atoms with Crippen LogP contribution in [0.2, 0.25) is 0 Å². The van der Waals surface area contributed by atoms with Crippen LogP contribution in [0.1, 0.15) is 20.3 Å². The summed E-state index contributed by atoms with van der Waals surface area (Å²) >= 11 is 0. The molecule has 0 saturated heterocycles. The van der Waals surface area contributed by atoms with Crippen molar-refractivity contribution < 1.29 is 9.47 Å². The van der Waals surface area contributed by atoms with E-state index in [0.29, 0.717) is 6.61 Å². The molecule has 2 heterocycles. The molecule has 0 fully saturated rings. The van der Waals surface area contributed by atoms with Crippen LogP contribution in [0.3, 0.4) is 0 Å². The zero-order chi connectivity index (χ0) is 20.1. The highest BCUT2D eigenvalue weighted by Crippen LogP contribution is 2.32. The summed E-state index contributed by atoms with van der Waals surface area (Å²) in [6.45, 7) is 8.30. The summed E-state index contributed by atoms with van der Waals surface area (Å²) < 4.78 is 12.1. The lowest BCUT2D eigenvalue weighted by atomic mass is 10.2. The SMILES string of the molecule is CCN(CC)CCCOc1ccc2c(Oc3ccc4[nH]ccc4c3)ccnc2c1. The molecule has 0 aliphatic rings. The molecule has 2 aromatic carbocycles. The molecule has 5 heteroatoms. The Hall–Kier alpha value is -3.05. The van der Waals surface area contributed by atoms with Crippen molar-refractivity contribution in [2.45, 2.75) is 20.3 Å². The highest BCUT2D eigenvalue weighted by molar-refractivity contribution is 5.86. The molecule has 150 valence electrons. The second-order valence-corrected chi connectivity index (χ2v) is 7.05. The Morgan fingerprint density at radius 2 is 1.83 bits per heavy atom. The van der Waals surface area contributed by atoms with E-state index in [1.807, 2.05) is 54.7 Å². The fourth-order valence-corrected chi connectivity index (χ4v) is 3.52. The molecular formula is C24H27N3O2. The molecule has 0 unspecified atom stereocenters. The molecule has 0 aliphatic heterocycles. The van der Waals surface area contributed by atoms with Crippen LogP contribution in [-0.4, -0.2) is 41.1 Å². The molecule has 0 saturated carbocycles. The van der Waals surface area contributed by atoms with Gasteiger partial charge in [-0.05, 0) is 62.0 Å². The molecule has 5 nitrogen and oxygen atoms in total. The molecule has 1 N–H and O–H groups in total. The number of ether oxygens (including phenoxy) is 2. The average Bonchev–Trinajstić information content (AvgIpc) is 3.22. The highest BCUT2D eigenvalue weighted by Gasteiger charge is 2.07. The number of rotatable bonds is 9. The van der Waals surface area contributed by atoms with Gasteiger partial charge in [0.25, 0.3) is 0 Å². The quantitative estimate of drug-likeness (QED) is 0.378. The largest absolute Gasteiger partial charge is 0.493 e. The Balaban J connectivity index is 1.46. The predicted octanol–water partition coefficient (Wildman–Crippen LogP) is 5.62. The van der Waals surface area contributed by atoms with Gasteiger partial charge < -0.3 is 19.4 Å². The van der Waals surface area contributed by atoms with Crippen LogP contribution in [0.5, 0.6) is 17.2 Å². The van der Waals surface area contributed by atoms with E-state index in [1.54, 1.807) is 6.20 Å². The second kappa shape index (κ2) is 8.97. The lowest BCUT2D eigenvalue weighted by molar-refractivity contribution is 0.249. The second-order valence-electron chi connectivity index (χ2n) is 7.05. The standard InChI is InChI=1S/C24H27N3O2/c1-3-27(4-2)14-5-15-28-19-6-8-21-23(17-19)26-13-11-24(21)29-20-7-9-22-18(16-20)10-12-25-22/h6-13,16-17,25H,3-5,14-15H2,1-2H3. The number of fused-ring (bicyclic) bond motifs is 2. The summed E-state index contributed by atoms with van der Waals surface area (Å²) in [6, 6.07) is 16.0. The number of benzene rings is 2. The molecule has 0 amide bonds. The minimum atomic E-state index is 0.703. The Morgan fingerprint density at radius 1 is 0.966 bits per heavy atom. The van der Waals surface area contributed by atoms with Crippen molar-refractivity contribution in [3.8, 4) is 17.2 Å². The zero-order valence-electron chi connectivity index (χ0n) is 17.0. The van der Waals surface area contributed by atoms with Gasteiger partial charge in [-0.25, -0.2) is 0 Å². The van der Waals surface area contributed by atoms with Gasteiger partial charge in [0.1, 0.15) is 17.2 Å². The van der Waals surface area contributed by atoms with Crippen LogP contribution >= 0.6 is 0 Å². The lowest BCUT2D eigenvalue weighted by Crippen LogP contribution is -2.25. The number of aromatic amines is 1. The van der Waals surface area contributed by atoms with E-state index < -0.39 is 0 Å². The van der Waals surface area contributed by atoms with Gasteiger partial charge in [0.2, 0.25) is 0 Å². The van der Waals surface area contributed by atoms with Gasteiger partial charge in [-0.1, -0.05) is 13.8 Å². The Morgan fingerprint density at radius 3 is 2.69 bits per heavy atom. The van der Waals surface area contributed by atoms with E-state index in [9.17, 15) is 0 Å². The maximum absolute atomic E-state index is 6.16. The van der Waals surface area contributed by atoms with Crippen molar-refractivity contribution in [2.75, 3.05) is 26.2 Å². The third kappa shape index (κ3) is 4.51. The van der Waals surface area contributed by atoms with Crippen LogP contribution < -0.4 is 9.47 Å². The first-order chi connectivity index (χ1) is 14.3. The van der Waals surface area contributed by atoms with Crippen molar-refractivity contribution in [3.63, 3.8) is 0 Å². The fourth-order valence-electron chi connectivity index (χ4n) is 3.52. The van der Waals surface area contributed by atoms with E-state index in [1.165, 1.54) is 0 Å². The van der Waals surface area contributed by atoms with Crippen molar-refractivity contribution in [1.82, 2.24) is 14.9 Å². The average molecular weight is 389 g/mol. The Labute approximate surface area is 171 Å². The molecule has 0 aliphatic carbocycles. The van der Waals surface area contributed by atoms with Gasteiger partial charge in [-0.15, -0.1) is 0 Å². The van der Waals surface area contributed by atoms with Gasteiger partial charge in [-0.3, -0.25) is 4.98 Å². The number of pyridine rings is 1. The zero-order valence-corrected chi connectivity index (χ0v) is 17.0. The van der Waals surface area contributed by atoms with Crippen LogP contribution in [0.4, 0.5) is 0 Å². The summed E-state index contributed by atoms with van der Waals surface area (Å²) in [4.78, 5) is 10.1. The minimum absolute atomic E-state index is 0.703. The topological polar surface area (TPSA) is 50.4 Å². The number of aromatic nitrogens is 2. The third-order valence-corrected chi connectivity index (χ3v) is 5.21. The first-order valence-electron chi connectivity index (χ1n) is 10.3. The predicted molar refractivity (Wildman–Crippen MR) is 118 cm³/mol. The van der Waals surface area contributed by atoms with E-state index in [2.05, 4.69) is 28.7 Å². The minimum Gasteiger partial charge on any atom is -0.493 e. The van der Waals surface area contributed by atoms with Gasteiger partial charge in [-0.2, -0.15) is 0 Å². The molecule has 4 aromatic rings. The molecule has 29 heavy (non-hydrogen) atoms. The summed E-state index contributed by atoms with van der Waals surface area (Å²) in [6.07, 6.45) is 4.72. The first-order valence-corrected chi connectivity index (χ1v) is 10.3. The normalized spacial score (nSPS) is 11.4. The fraction of sp³-hybridized carbons (Fsp3) is 0.292. The summed E-state index contributed by atoms with van der Waals surface area (Å²) in [5.41, 5.74) is 1.96. The van der Waals surface area contributed by atoms with Gasteiger partial charge in [0.05, 0.1) is 12.1 Å². The van der Waals surface area contributed by atoms with E-state index in [0.717, 1.165) is 65.1 Å². The molecular weight excluding hydrogens is 362 g/mol. The molecule has 0 radical (unpaired) electrons. The van der Waals surface area contributed by atoms with Crippen LogP contribution in [0.25, 0.3) is 21.8 Å². The van der Waals surface area contributed by atoms with Crippen LogP contribution in [0, 0.1) is 0 Å². The first kappa shape index (κ1) is 19.3. The van der Waals surface area contributed by atoms with E-state index in [-0.39, 0.29) is 0 Å². The Kier molecular flexibility index (Phi) is 5.96. The lowest BCUT2D eigenvalue weighted by Gasteiger charge is -2.17. The number of H-pyrrole nitrogens is 1. The van der Waals surface area contributed by atoms with Gasteiger partial charge in [0, 0.05) is 41.3 Å². The summed E-state index contributed by atoms with van der Waals surface area (Å²) in [5.74, 6) is 2.44. The van der Waals surface area contributed by atoms with E-state index in [4.69, 9.17) is 9.47 Å². The molecule has 2 aromatic heterocycles. The van der Waals surface area contributed by atoms with Gasteiger partial charge >= 0.3 is 0 Å². The number of nitrogens with zero attached hydrogens (tertiary/aromatic N) is 2. The molecule has 0 atom stereocenters. The van der Waals surface area contributed by atoms with Crippen molar-refractivity contribution in [3.05, 3.63) is 60.9 Å². The molecule has 0 spiro atoms. The maximum Gasteiger partial charge on any atom is 0.138 e. The summed E-state index contributed by atoms with van der Waals surface area (Å²) in [5, 5.41) is 2.10. The van der Waals surface area contributed by atoms with Crippen molar-refractivity contribution in [1.29, 1.82) is 0 Å². The number of nitrogens with one attached hydrogen (secondary N) is 1. The summed E-state index contributed by atoms with van der Waals surface area (Å²) in [7, 11) is 0. The number of hydrogen-bond acceptors (Lipinski definition) is 4. The molecule has 0 bridgehead atoms. The smallest absolute Gasteiger partial charge is 0.138 e. The number of hydrogen-bond donors (Lipinski definition) is 1. The van der Waals surface area contributed by atoms with Crippen molar-refractivity contribution in [2.24, 2.45) is 0 Å². The third-order valence-electron chi connectivity index (χ3n) is 5.21. The van der Waals surface area contributed by atoms with Crippen LogP contribution in [0.15, 0.2) is 60.9 Å².